The van der Waals surface area contributed by atoms with Crippen LogP contribution in [0.5, 0.6) is 0 Å². The summed E-state index contributed by atoms with van der Waals surface area (Å²) in [5, 5.41) is 11.0. The number of aryl methyl sites for hydroxylation is 3. The molecule has 1 aromatic carbocycles. The van der Waals surface area contributed by atoms with Gasteiger partial charge in [-0.05, 0) is 59.9 Å². The van der Waals surface area contributed by atoms with Crippen LogP contribution in [0.4, 0.5) is 5.69 Å². The lowest BCUT2D eigenvalue weighted by atomic mass is 10.1. The van der Waals surface area contributed by atoms with Gasteiger partial charge in [0.1, 0.15) is 0 Å². The average molecular weight is 341 g/mol. The summed E-state index contributed by atoms with van der Waals surface area (Å²) in [6, 6.07) is 7.92. The van der Waals surface area contributed by atoms with Gasteiger partial charge in [-0.25, -0.2) is 0 Å². The summed E-state index contributed by atoms with van der Waals surface area (Å²) < 4.78 is 5.22. The zero-order valence-electron chi connectivity index (χ0n) is 13.7. The molecule has 2 aromatic heterocycles. The maximum absolute atomic E-state index is 12.2. The molecule has 3 rings (SSSR count). The van der Waals surface area contributed by atoms with Gasteiger partial charge in [0.25, 0.3) is 0 Å². The first kappa shape index (κ1) is 16.4. The van der Waals surface area contributed by atoms with Crippen molar-refractivity contribution in [3.63, 3.8) is 0 Å². The number of rotatable bonds is 6. The number of nitrogens with zero attached hydrogens (tertiary/aromatic N) is 2. The van der Waals surface area contributed by atoms with Gasteiger partial charge in [-0.1, -0.05) is 17.3 Å². The fourth-order valence-corrected chi connectivity index (χ4v) is 3.08. The van der Waals surface area contributed by atoms with E-state index in [-0.39, 0.29) is 12.3 Å². The summed E-state index contributed by atoms with van der Waals surface area (Å²) in [6.07, 6.45) is 1.65. The van der Waals surface area contributed by atoms with E-state index in [1.54, 1.807) is 11.3 Å². The Morgan fingerprint density at radius 3 is 2.92 bits per heavy atom. The fraction of sp³-hybridized carbons (Fsp3) is 0.278. The highest BCUT2D eigenvalue weighted by molar-refractivity contribution is 7.07. The van der Waals surface area contributed by atoms with E-state index in [4.69, 9.17) is 4.52 Å². The topological polar surface area (TPSA) is 68.0 Å². The van der Waals surface area contributed by atoms with Gasteiger partial charge in [-0.2, -0.15) is 16.3 Å². The Kier molecular flexibility index (Phi) is 5.05. The Bertz CT molecular complexity index is 825. The molecule has 0 radical (unpaired) electrons. The minimum atomic E-state index is -0.145. The minimum absolute atomic E-state index is 0.106. The molecule has 6 heteroatoms. The van der Waals surface area contributed by atoms with Gasteiger partial charge in [0, 0.05) is 12.1 Å². The Morgan fingerprint density at radius 1 is 1.25 bits per heavy atom. The first-order valence-corrected chi connectivity index (χ1v) is 8.74. The molecule has 0 saturated heterocycles. The predicted octanol–water partition coefficient (Wildman–Crippen LogP) is 3.71. The molecular weight excluding hydrogens is 322 g/mol. The highest BCUT2D eigenvalue weighted by Gasteiger charge is 2.12. The van der Waals surface area contributed by atoms with E-state index in [1.165, 1.54) is 5.56 Å². The van der Waals surface area contributed by atoms with Crippen molar-refractivity contribution in [3.05, 3.63) is 63.4 Å². The molecule has 0 unspecified atom stereocenters. The number of carbonyl (C=O) groups excluding carboxylic acids is 1. The summed E-state index contributed by atoms with van der Waals surface area (Å²) in [7, 11) is 0. The lowest BCUT2D eigenvalue weighted by Gasteiger charge is -2.09. The number of benzene rings is 1. The number of anilines is 1. The lowest BCUT2D eigenvalue weighted by Crippen LogP contribution is -2.16. The average Bonchev–Trinajstić information content (AvgIpc) is 3.21. The minimum Gasteiger partial charge on any atom is -0.339 e. The molecule has 0 aliphatic carbocycles. The molecule has 3 aromatic rings. The monoisotopic (exact) mass is 341 g/mol. The zero-order valence-corrected chi connectivity index (χ0v) is 14.5. The van der Waals surface area contributed by atoms with Crippen LogP contribution in [0.25, 0.3) is 0 Å². The van der Waals surface area contributed by atoms with Crippen molar-refractivity contribution >= 4 is 22.9 Å². The highest BCUT2D eigenvalue weighted by atomic mass is 32.1. The Balaban J connectivity index is 1.56. The van der Waals surface area contributed by atoms with Gasteiger partial charge in [0.15, 0.2) is 5.82 Å². The molecule has 2 heterocycles. The third kappa shape index (κ3) is 4.08. The van der Waals surface area contributed by atoms with Crippen molar-refractivity contribution in [1.82, 2.24) is 10.1 Å². The predicted molar refractivity (Wildman–Crippen MR) is 94.3 cm³/mol. The maximum Gasteiger partial charge on any atom is 0.232 e. The standard InChI is InChI=1S/C18H19N3O2S/c1-12-4-3-5-15(13(12)2)19-17(22)10-16-20-18(23-21-16)7-6-14-8-9-24-11-14/h3-5,8-9,11H,6-7,10H2,1-2H3,(H,19,22). The second-order valence-corrected chi connectivity index (χ2v) is 6.49. The van der Waals surface area contributed by atoms with E-state index in [0.717, 1.165) is 23.2 Å². The third-order valence-corrected chi connectivity index (χ3v) is 4.65. The lowest BCUT2D eigenvalue weighted by molar-refractivity contribution is -0.115. The summed E-state index contributed by atoms with van der Waals surface area (Å²) in [5.74, 6) is 0.836. The van der Waals surface area contributed by atoms with Gasteiger partial charge in [-0.15, -0.1) is 0 Å². The largest absolute Gasteiger partial charge is 0.339 e. The van der Waals surface area contributed by atoms with Crippen LogP contribution in [0, 0.1) is 13.8 Å². The van der Waals surface area contributed by atoms with Crippen LogP contribution in [-0.2, 0) is 24.1 Å². The van der Waals surface area contributed by atoms with E-state index in [0.29, 0.717) is 18.1 Å². The summed E-state index contributed by atoms with van der Waals surface area (Å²) >= 11 is 1.67. The molecule has 1 N–H and O–H groups in total. The SMILES string of the molecule is Cc1cccc(NC(=O)Cc2noc(CCc3ccsc3)n2)c1C. The zero-order chi connectivity index (χ0) is 16.9. The van der Waals surface area contributed by atoms with Crippen LogP contribution in [0.2, 0.25) is 0 Å². The molecule has 0 spiro atoms. The first-order chi connectivity index (χ1) is 11.6. The molecule has 0 saturated carbocycles. The second-order valence-electron chi connectivity index (χ2n) is 5.71. The third-order valence-electron chi connectivity index (χ3n) is 3.92. The number of hydrogen-bond donors (Lipinski definition) is 1. The Morgan fingerprint density at radius 2 is 2.12 bits per heavy atom. The summed E-state index contributed by atoms with van der Waals surface area (Å²) in [5.41, 5.74) is 4.28. The van der Waals surface area contributed by atoms with Gasteiger partial charge < -0.3 is 9.84 Å². The molecule has 5 nitrogen and oxygen atoms in total. The van der Waals surface area contributed by atoms with Crippen LogP contribution in [0.1, 0.15) is 28.4 Å². The molecule has 1 amide bonds. The van der Waals surface area contributed by atoms with Crippen LogP contribution >= 0.6 is 11.3 Å². The number of hydrogen-bond acceptors (Lipinski definition) is 5. The van der Waals surface area contributed by atoms with Gasteiger partial charge in [0.05, 0.1) is 6.42 Å². The van der Waals surface area contributed by atoms with E-state index < -0.39 is 0 Å². The molecule has 0 atom stereocenters. The Labute approximate surface area is 144 Å². The molecule has 24 heavy (non-hydrogen) atoms. The van der Waals surface area contributed by atoms with Crippen molar-refractivity contribution in [2.24, 2.45) is 0 Å². The van der Waals surface area contributed by atoms with Crippen LogP contribution in [0.3, 0.4) is 0 Å². The van der Waals surface area contributed by atoms with Gasteiger partial charge in [-0.3, -0.25) is 4.79 Å². The van der Waals surface area contributed by atoms with Crippen molar-refractivity contribution in [1.29, 1.82) is 0 Å². The van der Waals surface area contributed by atoms with Crippen LogP contribution < -0.4 is 5.32 Å². The molecule has 124 valence electrons. The van der Waals surface area contributed by atoms with Crippen molar-refractivity contribution < 1.29 is 9.32 Å². The van der Waals surface area contributed by atoms with E-state index in [9.17, 15) is 4.79 Å². The van der Waals surface area contributed by atoms with E-state index in [2.05, 4.69) is 26.9 Å². The van der Waals surface area contributed by atoms with Gasteiger partial charge >= 0.3 is 0 Å². The van der Waals surface area contributed by atoms with E-state index in [1.807, 2.05) is 37.4 Å². The molecule has 0 aliphatic rings. The van der Waals surface area contributed by atoms with Crippen LogP contribution in [-0.4, -0.2) is 16.0 Å². The molecule has 0 aliphatic heterocycles. The number of nitrogens with one attached hydrogen (secondary N) is 1. The normalized spacial score (nSPS) is 10.8. The number of thiophene rings is 1. The summed E-state index contributed by atoms with van der Waals surface area (Å²) in [4.78, 5) is 16.5. The second kappa shape index (κ2) is 7.40. The fourth-order valence-electron chi connectivity index (χ4n) is 2.37. The number of amides is 1. The van der Waals surface area contributed by atoms with Crippen molar-refractivity contribution in [3.8, 4) is 0 Å². The van der Waals surface area contributed by atoms with Crippen molar-refractivity contribution in [2.75, 3.05) is 5.32 Å². The number of carbonyl (C=O) groups is 1. The molecular formula is C18H19N3O2S. The quantitative estimate of drug-likeness (QED) is 0.742. The molecule has 0 bridgehead atoms. The van der Waals surface area contributed by atoms with Crippen molar-refractivity contribution in [2.45, 2.75) is 33.1 Å². The van der Waals surface area contributed by atoms with E-state index >= 15 is 0 Å². The first-order valence-electron chi connectivity index (χ1n) is 7.80. The number of aromatic nitrogens is 2. The summed E-state index contributed by atoms with van der Waals surface area (Å²) in [6.45, 7) is 4.01. The maximum atomic E-state index is 12.2. The highest BCUT2D eigenvalue weighted by Crippen LogP contribution is 2.18. The smallest absolute Gasteiger partial charge is 0.232 e. The van der Waals surface area contributed by atoms with Gasteiger partial charge in [0.2, 0.25) is 11.8 Å². The Hall–Kier alpha value is -2.47. The molecule has 0 fully saturated rings. The van der Waals surface area contributed by atoms with Crippen LogP contribution in [0.15, 0.2) is 39.5 Å².